The Labute approximate surface area is 135 Å². The molecule has 0 aliphatic carbocycles. The Morgan fingerprint density at radius 3 is 2.50 bits per heavy atom. The summed E-state index contributed by atoms with van der Waals surface area (Å²) in [7, 11) is 1.43. The van der Waals surface area contributed by atoms with E-state index in [2.05, 4.69) is 21.2 Å². The highest BCUT2D eigenvalue weighted by molar-refractivity contribution is 9.10. The summed E-state index contributed by atoms with van der Waals surface area (Å²) in [6.07, 6.45) is 0. The predicted molar refractivity (Wildman–Crippen MR) is 84.4 cm³/mol. The van der Waals surface area contributed by atoms with Gasteiger partial charge in [0.2, 0.25) is 0 Å². The molecule has 0 saturated carbocycles. The number of hydrogen-bond donors (Lipinski definition) is 1. The molecule has 0 unspecified atom stereocenters. The molecular weight excluding hydrogens is 368 g/mol. The predicted octanol–water partition coefficient (Wildman–Crippen LogP) is 5.52. The van der Waals surface area contributed by atoms with Gasteiger partial charge in [-0.2, -0.15) is 0 Å². The van der Waals surface area contributed by atoms with Crippen molar-refractivity contribution in [2.75, 3.05) is 12.4 Å². The molecule has 0 fully saturated rings. The zero-order chi connectivity index (χ0) is 14.7. The second-order valence-corrected chi connectivity index (χ2v) is 5.76. The first kappa shape index (κ1) is 15.4. The maximum atomic E-state index is 14.0. The molecule has 2 nitrogen and oxygen atoms in total. The van der Waals surface area contributed by atoms with E-state index in [4.69, 9.17) is 27.9 Å². The van der Waals surface area contributed by atoms with Gasteiger partial charge in [-0.15, -0.1) is 0 Å². The monoisotopic (exact) mass is 377 g/mol. The van der Waals surface area contributed by atoms with Gasteiger partial charge in [-0.05, 0) is 18.2 Å². The summed E-state index contributed by atoms with van der Waals surface area (Å²) in [5.74, 6) is -0.191. The smallest absolute Gasteiger partial charge is 0.170 e. The van der Waals surface area contributed by atoms with Crippen LogP contribution in [0.5, 0.6) is 5.75 Å². The van der Waals surface area contributed by atoms with Crippen molar-refractivity contribution in [3.8, 4) is 5.75 Å². The van der Waals surface area contributed by atoms with E-state index in [0.29, 0.717) is 21.3 Å². The summed E-state index contributed by atoms with van der Waals surface area (Å²) in [4.78, 5) is 0. The third-order valence-electron chi connectivity index (χ3n) is 2.73. The van der Waals surface area contributed by atoms with Crippen LogP contribution in [-0.4, -0.2) is 7.11 Å². The molecule has 6 heteroatoms. The second-order valence-electron chi connectivity index (χ2n) is 4.03. The van der Waals surface area contributed by atoms with E-state index in [1.165, 1.54) is 7.11 Å². The zero-order valence-corrected chi connectivity index (χ0v) is 13.6. The van der Waals surface area contributed by atoms with Crippen LogP contribution in [0.4, 0.5) is 10.1 Å². The highest BCUT2D eigenvalue weighted by atomic mass is 79.9. The van der Waals surface area contributed by atoms with E-state index >= 15 is 0 Å². The largest absolute Gasteiger partial charge is 0.494 e. The first-order valence-electron chi connectivity index (χ1n) is 5.72. The van der Waals surface area contributed by atoms with Crippen molar-refractivity contribution in [3.63, 3.8) is 0 Å². The van der Waals surface area contributed by atoms with Gasteiger partial charge in [0.25, 0.3) is 0 Å². The summed E-state index contributed by atoms with van der Waals surface area (Å²) in [6.45, 7) is 0.254. The first-order valence-corrected chi connectivity index (χ1v) is 7.27. The topological polar surface area (TPSA) is 21.3 Å². The van der Waals surface area contributed by atoms with E-state index in [0.717, 1.165) is 4.47 Å². The fourth-order valence-electron chi connectivity index (χ4n) is 1.75. The molecule has 0 saturated heterocycles. The van der Waals surface area contributed by atoms with Crippen molar-refractivity contribution in [2.45, 2.75) is 6.54 Å². The van der Waals surface area contributed by atoms with Gasteiger partial charge in [-0.1, -0.05) is 51.3 Å². The Hall–Kier alpha value is -0.970. The summed E-state index contributed by atoms with van der Waals surface area (Å²) >= 11 is 15.5. The van der Waals surface area contributed by atoms with Gasteiger partial charge < -0.3 is 10.1 Å². The summed E-state index contributed by atoms with van der Waals surface area (Å²) in [5.41, 5.74) is 1.04. The fraction of sp³-hybridized carbons (Fsp3) is 0.143. The van der Waals surface area contributed by atoms with Crippen molar-refractivity contribution in [1.82, 2.24) is 0 Å². The van der Waals surface area contributed by atoms with Gasteiger partial charge in [0.15, 0.2) is 11.6 Å². The van der Waals surface area contributed by atoms with Gasteiger partial charge in [0.1, 0.15) is 0 Å². The van der Waals surface area contributed by atoms with E-state index in [9.17, 15) is 4.39 Å². The Kier molecular flexibility index (Phi) is 5.13. The van der Waals surface area contributed by atoms with Crippen LogP contribution < -0.4 is 10.1 Å². The Balaban J connectivity index is 2.21. The van der Waals surface area contributed by atoms with Crippen LogP contribution in [0, 0.1) is 5.82 Å². The maximum Gasteiger partial charge on any atom is 0.170 e. The molecule has 1 N–H and O–H groups in total. The number of nitrogens with one attached hydrogen (secondary N) is 1. The van der Waals surface area contributed by atoms with E-state index in [1.807, 2.05) is 0 Å². The summed E-state index contributed by atoms with van der Waals surface area (Å²) < 4.78 is 19.7. The SMILES string of the molecule is COc1cccc(CNc2c(Cl)cc(Br)cc2Cl)c1F. The molecule has 0 spiro atoms. The molecule has 0 aliphatic heterocycles. The number of hydrogen-bond acceptors (Lipinski definition) is 2. The van der Waals surface area contributed by atoms with E-state index in [1.54, 1.807) is 30.3 Å². The van der Waals surface area contributed by atoms with Crippen LogP contribution in [0.1, 0.15) is 5.56 Å². The van der Waals surface area contributed by atoms with Crippen LogP contribution in [0.2, 0.25) is 10.0 Å². The molecule has 106 valence electrons. The zero-order valence-electron chi connectivity index (χ0n) is 10.5. The van der Waals surface area contributed by atoms with E-state index < -0.39 is 5.82 Å². The molecule has 0 radical (unpaired) electrons. The van der Waals surface area contributed by atoms with Crippen LogP contribution in [-0.2, 0) is 6.54 Å². The van der Waals surface area contributed by atoms with Crippen molar-refractivity contribution >= 4 is 44.8 Å². The van der Waals surface area contributed by atoms with E-state index in [-0.39, 0.29) is 12.3 Å². The van der Waals surface area contributed by atoms with Gasteiger partial charge in [0.05, 0.1) is 22.8 Å². The summed E-state index contributed by atoms with van der Waals surface area (Å²) in [6, 6.07) is 8.41. The number of rotatable bonds is 4. The second kappa shape index (κ2) is 6.66. The molecule has 0 amide bonds. The lowest BCUT2D eigenvalue weighted by atomic mass is 10.2. The minimum Gasteiger partial charge on any atom is -0.494 e. The number of ether oxygens (including phenoxy) is 1. The third-order valence-corrected chi connectivity index (χ3v) is 3.78. The first-order chi connectivity index (χ1) is 9.52. The van der Waals surface area contributed by atoms with Crippen LogP contribution >= 0.6 is 39.1 Å². The molecule has 0 aromatic heterocycles. The van der Waals surface area contributed by atoms with Crippen molar-refractivity contribution in [2.24, 2.45) is 0 Å². The molecule has 2 aromatic rings. The van der Waals surface area contributed by atoms with Crippen LogP contribution in [0.3, 0.4) is 0 Å². The van der Waals surface area contributed by atoms with Crippen molar-refractivity contribution < 1.29 is 9.13 Å². The van der Waals surface area contributed by atoms with Crippen LogP contribution in [0.15, 0.2) is 34.8 Å². The minimum atomic E-state index is -0.396. The third kappa shape index (κ3) is 3.37. The lowest BCUT2D eigenvalue weighted by molar-refractivity contribution is 0.384. The van der Waals surface area contributed by atoms with Crippen molar-refractivity contribution in [3.05, 3.63) is 56.2 Å². The Morgan fingerprint density at radius 2 is 1.90 bits per heavy atom. The Bertz CT molecular complexity index is 614. The van der Waals surface area contributed by atoms with Gasteiger partial charge in [-0.25, -0.2) is 4.39 Å². The van der Waals surface area contributed by atoms with Gasteiger partial charge >= 0.3 is 0 Å². The maximum absolute atomic E-state index is 14.0. The quantitative estimate of drug-likeness (QED) is 0.756. The molecule has 2 rings (SSSR count). The molecule has 0 aliphatic rings. The summed E-state index contributed by atoms with van der Waals surface area (Å²) in [5, 5.41) is 3.97. The number of benzene rings is 2. The van der Waals surface area contributed by atoms with Gasteiger partial charge in [-0.3, -0.25) is 0 Å². The van der Waals surface area contributed by atoms with Gasteiger partial charge in [0, 0.05) is 16.6 Å². The number of methoxy groups -OCH3 is 1. The molecule has 20 heavy (non-hydrogen) atoms. The highest BCUT2D eigenvalue weighted by Crippen LogP contribution is 2.34. The Morgan fingerprint density at radius 1 is 1.25 bits per heavy atom. The fourth-order valence-corrected chi connectivity index (χ4v) is 3.09. The molecule has 0 heterocycles. The minimum absolute atomic E-state index is 0.206. The molecule has 0 atom stereocenters. The van der Waals surface area contributed by atoms with Crippen LogP contribution in [0.25, 0.3) is 0 Å². The number of halogens is 4. The molecular formula is C14H11BrCl2FNO. The molecule has 2 aromatic carbocycles. The highest BCUT2D eigenvalue weighted by Gasteiger charge is 2.11. The normalized spacial score (nSPS) is 10.4. The molecule has 0 bridgehead atoms. The van der Waals surface area contributed by atoms with Crippen molar-refractivity contribution in [1.29, 1.82) is 0 Å². The number of anilines is 1. The average molecular weight is 379 g/mol. The average Bonchev–Trinajstić information content (AvgIpc) is 2.39. The standard InChI is InChI=1S/C14H11BrCl2FNO/c1-20-12-4-2-3-8(13(12)18)7-19-14-10(16)5-9(15)6-11(14)17/h2-6,19H,7H2,1H3. The lowest BCUT2D eigenvalue weighted by Crippen LogP contribution is -2.04. The lowest BCUT2D eigenvalue weighted by Gasteiger charge is -2.12.